The third-order valence-electron chi connectivity index (χ3n) is 12.7. The Morgan fingerprint density at radius 1 is 0.629 bits per heavy atom. The zero-order valence-corrected chi connectivity index (χ0v) is 34.5. The quantitative estimate of drug-likeness (QED) is 0.144. The van der Waals surface area contributed by atoms with Crippen LogP contribution in [-0.4, -0.2) is 142 Å². The molecule has 5 aliphatic rings. The van der Waals surface area contributed by atoms with E-state index in [4.69, 9.17) is 22.3 Å². The monoisotopic (exact) mass is 852 g/mol. The Bertz CT molecular complexity index is 2680. The zero-order valence-electron chi connectivity index (χ0n) is 34.5. The number of carboxylic acid groups (broad SMARTS) is 1. The third kappa shape index (κ3) is 7.72. The van der Waals surface area contributed by atoms with Crippen LogP contribution in [0.5, 0.6) is 0 Å². The molecule has 3 aliphatic heterocycles. The second-order valence-corrected chi connectivity index (χ2v) is 16.7. The largest absolute Gasteiger partial charge is 0.477 e. The maximum Gasteiger partial charge on any atom is 0.341 e. The minimum Gasteiger partial charge on any atom is -0.477 e. The maximum absolute atomic E-state index is 15.5. The molecule has 0 atom stereocenters. The van der Waals surface area contributed by atoms with E-state index >= 15 is 8.78 Å². The summed E-state index contributed by atoms with van der Waals surface area (Å²) < 4.78 is 34.8. The summed E-state index contributed by atoms with van der Waals surface area (Å²) in [5.41, 5.74) is 14.1. The van der Waals surface area contributed by atoms with Gasteiger partial charge in [0.25, 0.3) is 0 Å². The first-order valence-electron chi connectivity index (χ1n) is 21.1. The lowest BCUT2D eigenvalue weighted by Gasteiger charge is -2.38. The molecule has 7 N–H and O–H groups in total. The van der Waals surface area contributed by atoms with Gasteiger partial charge in [-0.05, 0) is 56.9 Å². The van der Waals surface area contributed by atoms with Crippen LogP contribution in [0.15, 0.2) is 56.2 Å². The summed E-state index contributed by atoms with van der Waals surface area (Å²) in [6.07, 6.45) is 7.02. The summed E-state index contributed by atoms with van der Waals surface area (Å²) in [5, 5.41) is 27.4. The Morgan fingerprint density at radius 3 is 1.42 bits per heavy atom. The molecular weight excluding hydrogens is 803 g/mol. The number of hydrogen-bond donors (Lipinski definition) is 5. The summed E-state index contributed by atoms with van der Waals surface area (Å²) in [4.78, 5) is 57.4. The molecular formula is C42H50F2N14O4. The number of aromatic carboxylic acids is 1. The standard InChI is InChI=1S/C42H50F2N14O4/c1-24-22-57(25-2-3-25)32-20-34(30(43)18-27(32)36(24)59)51-6-10-53(11-7-51)39(45)49-41(47)55-14-16-56(17-15-55)42(48)50-40(46)54-12-8-52(9-13-54)35-21-33-28(19-31(35)44)37(60)29(38(61)62)23-58(33)26-4-5-26/h18-23,25-26H,2-17H2,1H3,(H,61,62)(H3,45,47,49)(H3,46,48,50). The number of benzene rings is 2. The SMILES string of the molecule is Cc1cn(C2CC2)c2cc(N3CCN(C(=N)N=C(N)N4CCN(C(N)=NC(=N)N5CCN(c6cc7c(cc6F)c(=O)c(C(=O)O)cn7C6CC6)CC5)CC4)CC3)c(F)cc2c1=O. The average Bonchev–Trinajstić information content (AvgIpc) is 4.21. The molecule has 0 unspecified atom stereocenters. The fourth-order valence-electron chi connectivity index (χ4n) is 8.78. The lowest BCUT2D eigenvalue weighted by atomic mass is 10.1. The molecule has 18 nitrogen and oxygen atoms in total. The van der Waals surface area contributed by atoms with Gasteiger partial charge in [-0.25, -0.2) is 13.6 Å². The number of aryl methyl sites for hydroxylation is 1. The molecule has 20 heteroatoms. The van der Waals surface area contributed by atoms with Crippen molar-refractivity contribution in [3.05, 3.63) is 79.9 Å². The van der Waals surface area contributed by atoms with E-state index < -0.39 is 23.0 Å². The summed E-state index contributed by atoms with van der Waals surface area (Å²) in [6, 6.07) is 6.31. The summed E-state index contributed by atoms with van der Waals surface area (Å²) in [7, 11) is 0. The Kier molecular flexibility index (Phi) is 10.5. The molecule has 326 valence electrons. The van der Waals surface area contributed by atoms with Crippen LogP contribution in [0.3, 0.4) is 0 Å². The number of nitrogens with two attached hydrogens (primary N) is 2. The first-order chi connectivity index (χ1) is 29.7. The number of nitrogens with zero attached hydrogens (tertiary/aromatic N) is 10. The summed E-state index contributed by atoms with van der Waals surface area (Å²) in [5.74, 6) is -1.99. The van der Waals surface area contributed by atoms with E-state index in [-0.39, 0.29) is 46.3 Å². The van der Waals surface area contributed by atoms with E-state index in [0.29, 0.717) is 112 Å². The predicted octanol–water partition coefficient (Wildman–Crippen LogP) is 2.33. The highest BCUT2D eigenvalue weighted by atomic mass is 19.1. The van der Waals surface area contributed by atoms with Gasteiger partial charge in [0.1, 0.15) is 17.2 Å². The molecule has 0 bridgehead atoms. The van der Waals surface area contributed by atoms with Crippen molar-refractivity contribution in [2.45, 2.75) is 44.7 Å². The molecule has 2 aromatic carbocycles. The zero-order chi connectivity index (χ0) is 43.6. The first-order valence-corrected chi connectivity index (χ1v) is 21.1. The van der Waals surface area contributed by atoms with E-state index in [0.717, 1.165) is 37.3 Å². The number of fused-ring (bicyclic) bond motifs is 2. The second-order valence-electron chi connectivity index (χ2n) is 16.7. The number of nitrogens with one attached hydrogen (secondary N) is 2. The van der Waals surface area contributed by atoms with Gasteiger partial charge in [0, 0.05) is 119 Å². The number of aliphatic imine (C=N–C) groups is 2. The number of aromatic nitrogens is 2. The number of carbonyl (C=O) groups is 1. The molecule has 3 saturated heterocycles. The fraction of sp³-hybridized carbons (Fsp3) is 0.452. The van der Waals surface area contributed by atoms with Crippen LogP contribution in [0.2, 0.25) is 0 Å². The van der Waals surface area contributed by atoms with Crippen LogP contribution in [-0.2, 0) is 0 Å². The lowest BCUT2D eigenvalue weighted by molar-refractivity contribution is 0.0694. The number of hydrogen-bond acceptors (Lipinski definition) is 7. The molecule has 0 radical (unpaired) electrons. The van der Waals surface area contributed by atoms with E-state index in [1.54, 1.807) is 28.5 Å². The maximum atomic E-state index is 15.5. The molecule has 2 aromatic heterocycles. The fourth-order valence-corrected chi connectivity index (χ4v) is 8.78. The summed E-state index contributed by atoms with van der Waals surface area (Å²) >= 11 is 0. The van der Waals surface area contributed by atoms with Crippen molar-refractivity contribution in [3.8, 4) is 0 Å². The second kappa shape index (κ2) is 15.9. The van der Waals surface area contributed by atoms with Gasteiger partial charge < -0.3 is 55.1 Å². The molecule has 0 amide bonds. The molecule has 62 heavy (non-hydrogen) atoms. The van der Waals surface area contributed by atoms with Crippen molar-refractivity contribution in [2.24, 2.45) is 21.5 Å². The van der Waals surface area contributed by atoms with Crippen LogP contribution < -0.4 is 32.1 Å². The van der Waals surface area contributed by atoms with Gasteiger partial charge in [0.15, 0.2) is 17.3 Å². The highest BCUT2D eigenvalue weighted by molar-refractivity contribution is 5.95. The van der Waals surface area contributed by atoms with Crippen molar-refractivity contribution in [1.29, 1.82) is 10.8 Å². The number of carboxylic acids is 1. The Hall–Kier alpha value is -6.73. The smallest absolute Gasteiger partial charge is 0.341 e. The van der Waals surface area contributed by atoms with E-state index in [9.17, 15) is 19.5 Å². The molecule has 5 heterocycles. The Labute approximate surface area is 354 Å². The molecule has 2 saturated carbocycles. The van der Waals surface area contributed by atoms with Gasteiger partial charge in [0.05, 0.1) is 22.4 Å². The third-order valence-corrected chi connectivity index (χ3v) is 12.7. The molecule has 5 fully saturated rings. The van der Waals surface area contributed by atoms with Crippen molar-refractivity contribution in [2.75, 3.05) is 88.3 Å². The first kappa shape index (κ1) is 40.7. The minimum atomic E-state index is -1.34. The predicted molar refractivity (Wildman–Crippen MR) is 234 cm³/mol. The highest BCUT2D eigenvalue weighted by Gasteiger charge is 2.31. The van der Waals surface area contributed by atoms with Gasteiger partial charge >= 0.3 is 5.97 Å². The number of piperazine rings is 3. The van der Waals surface area contributed by atoms with Gasteiger partial charge in [-0.3, -0.25) is 20.4 Å². The van der Waals surface area contributed by atoms with Crippen LogP contribution in [0.1, 0.15) is 53.7 Å². The topological polar surface area (TPSA) is 225 Å². The number of halogens is 2. The van der Waals surface area contributed by atoms with Gasteiger partial charge in [0.2, 0.25) is 17.3 Å². The molecule has 0 spiro atoms. The number of rotatable bonds is 5. The Morgan fingerprint density at radius 2 is 1.02 bits per heavy atom. The Balaban J connectivity index is 0.765. The van der Waals surface area contributed by atoms with Crippen molar-refractivity contribution in [1.82, 2.24) is 28.7 Å². The average molecular weight is 853 g/mol. The summed E-state index contributed by atoms with van der Waals surface area (Å²) in [6.45, 7) is 6.98. The van der Waals surface area contributed by atoms with Crippen molar-refractivity contribution < 1.29 is 18.7 Å². The van der Waals surface area contributed by atoms with Gasteiger partial charge in [-0.1, -0.05) is 0 Å². The normalized spacial score (nSPS) is 19.2. The van der Waals surface area contributed by atoms with E-state index in [2.05, 4.69) is 14.6 Å². The van der Waals surface area contributed by atoms with Gasteiger partial charge in [-0.2, -0.15) is 9.98 Å². The van der Waals surface area contributed by atoms with Crippen LogP contribution in [0, 0.1) is 29.4 Å². The number of pyridine rings is 2. The van der Waals surface area contributed by atoms with Gasteiger partial charge in [-0.15, -0.1) is 0 Å². The van der Waals surface area contributed by atoms with E-state index in [1.165, 1.54) is 12.3 Å². The van der Waals surface area contributed by atoms with Crippen molar-refractivity contribution >= 4 is 63.0 Å². The number of anilines is 2. The van der Waals surface area contributed by atoms with Crippen LogP contribution in [0.25, 0.3) is 21.8 Å². The minimum absolute atomic E-state index is 0.0149. The molecule has 2 aliphatic carbocycles. The van der Waals surface area contributed by atoms with E-state index in [1.807, 2.05) is 30.7 Å². The molecule has 4 aromatic rings. The highest BCUT2D eigenvalue weighted by Crippen LogP contribution is 2.39. The van der Waals surface area contributed by atoms with Crippen LogP contribution >= 0.6 is 0 Å². The lowest BCUT2D eigenvalue weighted by Crippen LogP contribution is -2.55. The number of guanidine groups is 4. The van der Waals surface area contributed by atoms with Crippen LogP contribution in [0.4, 0.5) is 20.2 Å². The van der Waals surface area contributed by atoms with Crippen molar-refractivity contribution in [3.63, 3.8) is 0 Å². The molecule has 9 rings (SSSR count).